The van der Waals surface area contributed by atoms with Crippen LogP contribution in [0.2, 0.25) is 0 Å². The fraction of sp³-hybridized carbons (Fsp3) is 0.115. The van der Waals surface area contributed by atoms with Gasteiger partial charge in [0, 0.05) is 22.6 Å². The molecule has 0 fully saturated rings. The average molecular weight is 727 g/mol. The van der Waals surface area contributed by atoms with Crippen LogP contribution in [0.3, 0.4) is 0 Å². The molecule has 0 aliphatic heterocycles. The molecule has 0 amide bonds. The molecule has 0 atom stereocenters. The standard InChI is InChI=1S/C52H46N4/c1-35-28-37(3)51(38(4)29-35)56(52-39(5)30-36(2)31-40(52)6)45-26-24-44(25-27-45)55(50-34-53-49(33-54-50)42-18-11-8-12-19-42)46-21-15-20-43(32-46)48-23-14-13-22-47(48)41-16-9-7-10-17-41/h7-34H,1-6H3. The van der Waals surface area contributed by atoms with Crippen LogP contribution >= 0.6 is 0 Å². The number of hydrogen-bond donors (Lipinski definition) is 0. The molecule has 4 nitrogen and oxygen atoms in total. The van der Waals surface area contributed by atoms with E-state index in [-0.39, 0.29) is 0 Å². The number of nitrogens with zero attached hydrogens (tertiary/aromatic N) is 4. The molecule has 1 heterocycles. The van der Waals surface area contributed by atoms with Crippen molar-refractivity contribution in [3.63, 3.8) is 0 Å². The Kier molecular flexibility index (Phi) is 10.0. The highest BCUT2D eigenvalue weighted by atomic mass is 15.2. The lowest BCUT2D eigenvalue weighted by Gasteiger charge is -2.32. The minimum Gasteiger partial charge on any atom is -0.309 e. The SMILES string of the molecule is Cc1cc(C)c(N(c2ccc(N(c3cccc(-c4ccccc4-c4ccccc4)c3)c3cnc(-c4ccccc4)cn3)cc2)c2c(C)cc(C)cc2C)c(C)c1. The van der Waals surface area contributed by atoms with Gasteiger partial charge in [0.15, 0.2) is 5.82 Å². The van der Waals surface area contributed by atoms with Crippen molar-refractivity contribution in [2.75, 3.05) is 9.80 Å². The van der Waals surface area contributed by atoms with Crippen molar-refractivity contribution < 1.29 is 0 Å². The Morgan fingerprint density at radius 1 is 0.357 bits per heavy atom. The van der Waals surface area contributed by atoms with Gasteiger partial charge in [-0.15, -0.1) is 0 Å². The molecule has 56 heavy (non-hydrogen) atoms. The van der Waals surface area contributed by atoms with E-state index in [4.69, 9.17) is 9.97 Å². The largest absolute Gasteiger partial charge is 0.309 e. The molecule has 0 spiro atoms. The summed E-state index contributed by atoms with van der Waals surface area (Å²) >= 11 is 0. The number of anilines is 6. The lowest BCUT2D eigenvalue weighted by atomic mass is 9.94. The number of hydrogen-bond acceptors (Lipinski definition) is 4. The summed E-state index contributed by atoms with van der Waals surface area (Å²) in [4.78, 5) is 14.6. The van der Waals surface area contributed by atoms with Crippen LogP contribution in [-0.2, 0) is 0 Å². The van der Waals surface area contributed by atoms with Crippen molar-refractivity contribution in [1.29, 1.82) is 0 Å². The van der Waals surface area contributed by atoms with Crippen LogP contribution in [-0.4, -0.2) is 9.97 Å². The second-order valence-electron chi connectivity index (χ2n) is 14.8. The van der Waals surface area contributed by atoms with Crippen molar-refractivity contribution >= 4 is 34.3 Å². The van der Waals surface area contributed by atoms with E-state index in [1.807, 2.05) is 30.6 Å². The third-order valence-corrected chi connectivity index (χ3v) is 10.4. The Morgan fingerprint density at radius 2 is 0.821 bits per heavy atom. The Hall–Kier alpha value is -6.78. The van der Waals surface area contributed by atoms with Gasteiger partial charge in [-0.3, -0.25) is 9.88 Å². The van der Waals surface area contributed by atoms with Crippen LogP contribution < -0.4 is 9.80 Å². The molecule has 1 aromatic heterocycles. The fourth-order valence-corrected chi connectivity index (χ4v) is 8.20. The van der Waals surface area contributed by atoms with Gasteiger partial charge in [0.25, 0.3) is 0 Å². The number of aromatic nitrogens is 2. The first-order chi connectivity index (χ1) is 27.2. The summed E-state index contributed by atoms with van der Waals surface area (Å²) in [6, 6.07) is 56.1. The lowest BCUT2D eigenvalue weighted by molar-refractivity contribution is 1.12. The van der Waals surface area contributed by atoms with Crippen molar-refractivity contribution in [2.24, 2.45) is 0 Å². The zero-order chi connectivity index (χ0) is 38.8. The molecule has 0 bridgehead atoms. The summed E-state index contributed by atoms with van der Waals surface area (Å²) < 4.78 is 0. The smallest absolute Gasteiger partial charge is 0.156 e. The quantitative estimate of drug-likeness (QED) is 0.148. The zero-order valence-corrected chi connectivity index (χ0v) is 33.0. The van der Waals surface area contributed by atoms with E-state index in [0.717, 1.165) is 39.7 Å². The van der Waals surface area contributed by atoms with Gasteiger partial charge >= 0.3 is 0 Å². The summed E-state index contributed by atoms with van der Waals surface area (Å²) in [6.07, 6.45) is 3.75. The number of benzene rings is 7. The van der Waals surface area contributed by atoms with Crippen LogP contribution in [0.25, 0.3) is 33.5 Å². The molecule has 0 N–H and O–H groups in total. The molecular weight excluding hydrogens is 681 g/mol. The van der Waals surface area contributed by atoms with Crippen molar-refractivity contribution in [3.8, 4) is 33.5 Å². The minimum absolute atomic E-state index is 0.734. The highest BCUT2D eigenvalue weighted by Crippen LogP contribution is 2.44. The molecular formula is C52H46N4. The monoisotopic (exact) mass is 726 g/mol. The summed E-state index contributed by atoms with van der Waals surface area (Å²) in [5.41, 5.74) is 19.5. The maximum atomic E-state index is 5.04. The Morgan fingerprint density at radius 3 is 1.34 bits per heavy atom. The van der Waals surface area contributed by atoms with Gasteiger partial charge in [-0.25, -0.2) is 4.98 Å². The summed E-state index contributed by atoms with van der Waals surface area (Å²) in [5, 5.41) is 0. The van der Waals surface area contributed by atoms with Crippen LogP contribution in [0.1, 0.15) is 33.4 Å². The van der Waals surface area contributed by atoms with Gasteiger partial charge in [0.2, 0.25) is 0 Å². The number of aryl methyl sites for hydroxylation is 6. The molecule has 4 heteroatoms. The van der Waals surface area contributed by atoms with Gasteiger partial charge in [0.1, 0.15) is 0 Å². The summed E-state index contributed by atoms with van der Waals surface area (Å²) in [7, 11) is 0. The average Bonchev–Trinajstić information content (AvgIpc) is 3.21. The van der Waals surface area contributed by atoms with Gasteiger partial charge < -0.3 is 4.90 Å². The first-order valence-electron chi connectivity index (χ1n) is 19.2. The van der Waals surface area contributed by atoms with Crippen molar-refractivity contribution in [2.45, 2.75) is 41.5 Å². The third-order valence-electron chi connectivity index (χ3n) is 10.4. The molecule has 8 rings (SSSR count). The maximum absolute atomic E-state index is 5.04. The predicted octanol–water partition coefficient (Wildman–Crippen LogP) is 14.3. The van der Waals surface area contributed by atoms with E-state index in [1.165, 1.54) is 61.4 Å². The molecule has 0 radical (unpaired) electrons. The van der Waals surface area contributed by atoms with Crippen LogP contribution in [0.5, 0.6) is 0 Å². The van der Waals surface area contributed by atoms with E-state index in [0.29, 0.717) is 0 Å². The Balaban J connectivity index is 1.27. The highest BCUT2D eigenvalue weighted by molar-refractivity contribution is 5.88. The predicted molar refractivity (Wildman–Crippen MR) is 236 cm³/mol. The van der Waals surface area contributed by atoms with E-state index in [2.05, 4.69) is 191 Å². The van der Waals surface area contributed by atoms with Gasteiger partial charge in [-0.1, -0.05) is 132 Å². The second kappa shape index (κ2) is 15.5. The first-order valence-corrected chi connectivity index (χ1v) is 19.2. The highest BCUT2D eigenvalue weighted by Gasteiger charge is 2.23. The van der Waals surface area contributed by atoms with Crippen molar-refractivity contribution in [3.05, 3.63) is 203 Å². The van der Waals surface area contributed by atoms with Gasteiger partial charge in [0.05, 0.1) is 29.5 Å². The molecule has 8 aromatic rings. The molecule has 0 aliphatic carbocycles. The second-order valence-corrected chi connectivity index (χ2v) is 14.8. The fourth-order valence-electron chi connectivity index (χ4n) is 8.20. The first kappa shape index (κ1) is 36.2. The molecule has 0 unspecified atom stereocenters. The third kappa shape index (κ3) is 7.22. The summed E-state index contributed by atoms with van der Waals surface area (Å²) in [6.45, 7) is 13.2. The molecule has 0 saturated carbocycles. The van der Waals surface area contributed by atoms with Gasteiger partial charge in [-0.2, -0.15) is 0 Å². The van der Waals surface area contributed by atoms with E-state index in [9.17, 15) is 0 Å². The molecule has 7 aromatic carbocycles. The Bertz CT molecular complexity index is 2530. The lowest BCUT2D eigenvalue weighted by Crippen LogP contribution is -2.16. The summed E-state index contributed by atoms with van der Waals surface area (Å²) in [5.74, 6) is 0.734. The van der Waals surface area contributed by atoms with Gasteiger partial charge in [-0.05, 0) is 122 Å². The maximum Gasteiger partial charge on any atom is 0.156 e. The van der Waals surface area contributed by atoms with Crippen molar-refractivity contribution in [1.82, 2.24) is 9.97 Å². The Labute approximate surface area is 331 Å². The van der Waals surface area contributed by atoms with Crippen LogP contribution in [0.4, 0.5) is 34.3 Å². The normalized spacial score (nSPS) is 11.0. The zero-order valence-electron chi connectivity index (χ0n) is 33.0. The topological polar surface area (TPSA) is 32.3 Å². The molecule has 0 saturated heterocycles. The van der Waals surface area contributed by atoms with E-state index < -0.39 is 0 Å². The minimum atomic E-state index is 0.734. The van der Waals surface area contributed by atoms with E-state index in [1.54, 1.807) is 0 Å². The molecule has 0 aliphatic rings. The molecule has 274 valence electrons. The van der Waals surface area contributed by atoms with Crippen LogP contribution in [0, 0.1) is 41.5 Å². The number of rotatable bonds is 9. The van der Waals surface area contributed by atoms with E-state index >= 15 is 0 Å². The van der Waals surface area contributed by atoms with Crippen LogP contribution in [0.15, 0.2) is 170 Å².